The lowest BCUT2D eigenvalue weighted by molar-refractivity contribution is 0.104. The molecule has 2 heteroatoms. The van der Waals surface area contributed by atoms with Gasteiger partial charge in [0, 0.05) is 5.56 Å². The van der Waals surface area contributed by atoms with Crippen molar-refractivity contribution in [2.75, 3.05) is 6.61 Å². The Morgan fingerprint density at radius 1 is 0.957 bits per heavy atom. The summed E-state index contributed by atoms with van der Waals surface area (Å²) in [6, 6.07) is 17.1. The monoisotopic (exact) mass is 308 g/mol. The number of hydrogen-bond acceptors (Lipinski definition) is 2. The average molecular weight is 308 g/mol. The first-order valence-corrected chi connectivity index (χ1v) is 8.30. The molecule has 0 saturated heterocycles. The van der Waals surface area contributed by atoms with Gasteiger partial charge in [-0.05, 0) is 30.2 Å². The molecule has 0 aliphatic rings. The number of allylic oxidation sites excluding steroid dienone is 1. The van der Waals surface area contributed by atoms with E-state index in [4.69, 9.17) is 4.74 Å². The Kier molecular flexibility index (Phi) is 7.12. The van der Waals surface area contributed by atoms with E-state index in [2.05, 4.69) is 6.92 Å². The molecule has 0 heterocycles. The number of benzene rings is 2. The predicted octanol–water partition coefficient (Wildman–Crippen LogP) is 5.54. The largest absolute Gasteiger partial charge is 0.494 e. The van der Waals surface area contributed by atoms with Gasteiger partial charge in [0.1, 0.15) is 5.75 Å². The van der Waals surface area contributed by atoms with Gasteiger partial charge in [-0.1, -0.05) is 74.7 Å². The summed E-state index contributed by atoms with van der Waals surface area (Å²) in [7, 11) is 0. The molecular weight excluding hydrogens is 284 g/mol. The first-order valence-electron chi connectivity index (χ1n) is 8.30. The molecule has 2 nitrogen and oxygen atoms in total. The van der Waals surface area contributed by atoms with Gasteiger partial charge in [-0.2, -0.15) is 0 Å². The number of ether oxygens (including phenoxy) is 1. The molecule has 120 valence electrons. The quantitative estimate of drug-likeness (QED) is 0.345. The lowest BCUT2D eigenvalue weighted by Crippen LogP contribution is -1.97. The van der Waals surface area contributed by atoms with Crippen molar-refractivity contribution in [3.8, 4) is 5.75 Å². The molecular formula is C21H24O2. The minimum Gasteiger partial charge on any atom is -0.494 e. The van der Waals surface area contributed by atoms with Crippen LogP contribution >= 0.6 is 0 Å². The molecule has 0 aliphatic heterocycles. The van der Waals surface area contributed by atoms with Crippen LogP contribution in [0, 0.1) is 0 Å². The molecule has 23 heavy (non-hydrogen) atoms. The molecule has 0 spiro atoms. The Labute approximate surface area is 138 Å². The third-order valence-corrected chi connectivity index (χ3v) is 3.63. The van der Waals surface area contributed by atoms with Crippen LogP contribution in [0.3, 0.4) is 0 Å². The van der Waals surface area contributed by atoms with Gasteiger partial charge >= 0.3 is 0 Å². The van der Waals surface area contributed by atoms with Gasteiger partial charge in [0.05, 0.1) is 6.61 Å². The maximum Gasteiger partial charge on any atom is 0.185 e. The Morgan fingerprint density at radius 2 is 1.70 bits per heavy atom. The van der Waals surface area contributed by atoms with E-state index >= 15 is 0 Å². The zero-order valence-corrected chi connectivity index (χ0v) is 13.7. The van der Waals surface area contributed by atoms with Gasteiger partial charge in [-0.25, -0.2) is 0 Å². The number of unbranched alkanes of at least 4 members (excludes halogenated alkanes) is 3. The second kappa shape index (κ2) is 9.62. The third kappa shape index (κ3) is 6.11. The van der Waals surface area contributed by atoms with Crippen LogP contribution in [0.4, 0.5) is 0 Å². The SMILES string of the molecule is CCCCCCOc1ccc(C=CC(=O)c2ccccc2)cc1. The number of hydrogen-bond donors (Lipinski definition) is 0. The molecule has 0 aliphatic carbocycles. The van der Waals surface area contributed by atoms with Crippen molar-refractivity contribution in [3.63, 3.8) is 0 Å². The normalized spacial score (nSPS) is 10.8. The molecule has 0 N–H and O–H groups in total. The Bertz CT molecular complexity index is 612. The molecule has 0 radical (unpaired) electrons. The fraction of sp³-hybridized carbons (Fsp3) is 0.286. The van der Waals surface area contributed by atoms with Gasteiger partial charge in [0.15, 0.2) is 5.78 Å². The van der Waals surface area contributed by atoms with Gasteiger partial charge < -0.3 is 4.74 Å². The van der Waals surface area contributed by atoms with Crippen molar-refractivity contribution in [3.05, 3.63) is 71.8 Å². The summed E-state index contributed by atoms with van der Waals surface area (Å²) < 4.78 is 5.71. The highest BCUT2D eigenvalue weighted by atomic mass is 16.5. The molecule has 2 rings (SSSR count). The topological polar surface area (TPSA) is 26.3 Å². The second-order valence-electron chi connectivity index (χ2n) is 5.54. The Balaban J connectivity index is 1.82. The van der Waals surface area contributed by atoms with Crippen molar-refractivity contribution in [2.24, 2.45) is 0 Å². The number of ketones is 1. The highest BCUT2D eigenvalue weighted by Gasteiger charge is 1.99. The summed E-state index contributed by atoms with van der Waals surface area (Å²) in [6.07, 6.45) is 8.27. The van der Waals surface area contributed by atoms with E-state index < -0.39 is 0 Å². The average Bonchev–Trinajstić information content (AvgIpc) is 2.61. The molecule has 2 aromatic carbocycles. The summed E-state index contributed by atoms with van der Waals surface area (Å²) in [5.74, 6) is 0.898. The lowest BCUT2D eigenvalue weighted by atomic mass is 10.1. The number of carbonyl (C=O) groups is 1. The van der Waals surface area contributed by atoms with E-state index in [1.54, 1.807) is 6.08 Å². The number of carbonyl (C=O) groups excluding carboxylic acids is 1. The zero-order chi connectivity index (χ0) is 16.3. The fourth-order valence-electron chi connectivity index (χ4n) is 2.26. The van der Waals surface area contributed by atoms with Crippen LogP contribution < -0.4 is 4.74 Å². The molecule has 0 atom stereocenters. The maximum atomic E-state index is 12.0. The van der Waals surface area contributed by atoms with Crippen LogP contribution in [0.1, 0.15) is 48.5 Å². The standard InChI is InChI=1S/C21H24O2/c1-2-3-4-8-17-23-20-14-11-18(12-15-20)13-16-21(22)19-9-6-5-7-10-19/h5-7,9-16H,2-4,8,17H2,1H3. The van der Waals surface area contributed by atoms with Crippen LogP contribution in [0.5, 0.6) is 5.75 Å². The van der Waals surface area contributed by atoms with E-state index in [0.717, 1.165) is 24.3 Å². The lowest BCUT2D eigenvalue weighted by Gasteiger charge is -2.06. The highest BCUT2D eigenvalue weighted by molar-refractivity contribution is 6.06. The summed E-state index contributed by atoms with van der Waals surface area (Å²) in [5, 5.41) is 0. The first kappa shape index (κ1) is 17.0. The number of rotatable bonds is 9. The van der Waals surface area contributed by atoms with Gasteiger partial charge in [0.2, 0.25) is 0 Å². The smallest absolute Gasteiger partial charge is 0.185 e. The second-order valence-corrected chi connectivity index (χ2v) is 5.54. The predicted molar refractivity (Wildman–Crippen MR) is 95.9 cm³/mol. The van der Waals surface area contributed by atoms with Crippen molar-refractivity contribution in [1.29, 1.82) is 0 Å². The minimum atomic E-state index is 0.0156. The Hall–Kier alpha value is -2.35. The molecule has 2 aromatic rings. The van der Waals surface area contributed by atoms with Gasteiger partial charge in [-0.15, -0.1) is 0 Å². The van der Waals surface area contributed by atoms with E-state index in [1.165, 1.54) is 19.3 Å². The Morgan fingerprint density at radius 3 is 2.39 bits per heavy atom. The molecule has 0 bridgehead atoms. The molecule has 0 amide bonds. The van der Waals surface area contributed by atoms with Gasteiger partial charge in [0.25, 0.3) is 0 Å². The first-order chi connectivity index (χ1) is 11.3. The van der Waals surface area contributed by atoms with E-state index in [9.17, 15) is 4.79 Å². The molecule has 0 aromatic heterocycles. The summed E-state index contributed by atoms with van der Waals surface area (Å²) in [4.78, 5) is 12.0. The summed E-state index contributed by atoms with van der Waals surface area (Å²) in [6.45, 7) is 2.97. The van der Waals surface area contributed by atoms with Crippen LogP contribution in [0.2, 0.25) is 0 Å². The van der Waals surface area contributed by atoms with Crippen LogP contribution in [-0.4, -0.2) is 12.4 Å². The van der Waals surface area contributed by atoms with E-state index in [0.29, 0.717) is 5.56 Å². The summed E-state index contributed by atoms with van der Waals surface area (Å²) in [5.41, 5.74) is 1.70. The van der Waals surface area contributed by atoms with Crippen LogP contribution in [-0.2, 0) is 0 Å². The van der Waals surface area contributed by atoms with Crippen molar-refractivity contribution in [1.82, 2.24) is 0 Å². The third-order valence-electron chi connectivity index (χ3n) is 3.63. The minimum absolute atomic E-state index is 0.0156. The van der Waals surface area contributed by atoms with Crippen molar-refractivity contribution >= 4 is 11.9 Å². The zero-order valence-electron chi connectivity index (χ0n) is 13.7. The fourth-order valence-corrected chi connectivity index (χ4v) is 2.26. The highest BCUT2D eigenvalue weighted by Crippen LogP contribution is 2.14. The van der Waals surface area contributed by atoms with E-state index in [-0.39, 0.29) is 5.78 Å². The molecule has 0 fully saturated rings. The summed E-state index contributed by atoms with van der Waals surface area (Å²) >= 11 is 0. The van der Waals surface area contributed by atoms with Crippen molar-refractivity contribution in [2.45, 2.75) is 32.6 Å². The molecule has 0 saturated carbocycles. The van der Waals surface area contributed by atoms with Crippen LogP contribution in [0.15, 0.2) is 60.7 Å². The van der Waals surface area contributed by atoms with Crippen LogP contribution in [0.25, 0.3) is 6.08 Å². The van der Waals surface area contributed by atoms with E-state index in [1.807, 2.05) is 60.7 Å². The van der Waals surface area contributed by atoms with Crippen molar-refractivity contribution < 1.29 is 9.53 Å². The maximum absolute atomic E-state index is 12.0. The molecule has 0 unspecified atom stereocenters. The van der Waals surface area contributed by atoms with Gasteiger partial charge in [-0.3, -0.25) is 4.79 Å².